The first-order chi connectivity index (χ1) is 14.2. The third-order valence-corrected chi connectivity index (χ3v) is 4.62. The molecule has 3 aromatic rings. The molecule has 1 aliphatic rings. The minimum atomic E-state index is -0.386. The van der Waals surface area contributed by atoms with Crippen molar-refractivity contribution in [2.24, 2.45) is 0 Å². The molecule has 0 spiro atoms. The van der Waals surface area contributed by atoms with Gasteiger partial charge in [-0.05, 0) is 30.3 Å². The number of hydrogen-bond acceptors (Lipinski definition) is 9. The van der Waals surface area contributed by atoms with Gasteiger partial charge in [0.1, 0.15) is 5.82 Å². The Morgan fingerprint density at radius 2 is 1.72 bits per heavy atom. The van der Waals surface area contributed by atoms with Gasteiger partial charge < -0.3 is 19.9 Å². The summed E-state index contributed by atoms with van der Waals surface area (Å²) in [5.41, 5.74) is 1.18. The molecule has 0 unspecified atom stereocenters. The van der Waals surface area contributed by atoms with Crippen molar-refractivity contribution in [2.75, 3.05) is 48.4 Å². The van der Waals surface area contributed by atoms with Crippen LogP contribution < -0.4 is 15.1 Å². The lowest BCUT2D eigenvalue weighted by Crippen LogP contribution is -2.47. The van der Waals surface area contributed by atoms with Crippen molar-refractivity contribution >= 4 is 29.4 Å². The molecule has 0 radical (unpaired) electrons. The van der Waals surface area contributed by atoms with E-state index < -0.39 is 0 Å². The third kappa shape index (κ3) is 4.40. The highest BCUT2D eigenvalue weighted by Crippen LogP contribution is 2.20. The van der Waals surface area contributed by atoms with E-state index in [0.717, 1.165) is 43.6 Å². The lowest BCUT2D eigenvalue weighted by Gasteiger charge is -2.35. The topological polar surface area (TPSA) is 96.4 Å². The minimum Gasteiger partial charge on any atom is -0.465 e. The van der Waals surface area contributed by atoms with Crippen molar-refractivity contribution in [2.45, 2.75) is 0 Å². The Hall–Kier alpha value is -3.75. The lowest BCUT2D eigenvalue weighted by molar-refractivity contribution is 0.0601. The molecule has 9 nitrogen and oxygen atoms in total. The summed E-state index contributed by atoms with van der Waals surface area (Å²) in [6.07, 6.45) is 5.24. The summed E-state index contributed by atoms with van der Waals surface area (Å²) in [6, 6.07) is 10.7. The second-order valence-electron chi connectivity index (χ2n) is 6.46. The number of ether oxygens (including phenoxy) is 1. The van der Waals surface area contributed by atoms with Crippen LogP contribution in [0.15, 0.2) is 55.0 Å². The molecule has 1 aliphatic heterocycles. The highest BCUT2D eigenvalue weighted by atomic mass is 16.5. The monoisotopic (exact) mass is 391 g/mol. The molecule has 0 amide bonds. The maximum Gasteiger partial charge on any atom is 0.337 e. The Morgan fingerprint density at radius 1 is 0.966 bits per heavy atom. The average molecular weight is 391 g/mol. The van der Waals surface area contributed by atoms with Crippen LogP contribution in [0, 0.1) is 0 Å². The summed E-state index contributed by atoms with van der Waals surface area (Å²) in [7, 11) is 1.36. The van der Waals surface area contributed by atoms with Crippen molar-refractivity contribution in [1.29, 1.82) is 0 Å². The second-order valence-corrected chi connectivity index (χ2v) is 6.46. The Labute approximate surface area is 168 Å². The van der Waals surface area contributed by atoms with Gasteiger partial charge in [0, 0.05) is 50.5 Å². The fourth-order valence-corrected chi connectivity index (χ4v) is 3.15. The molecule has 29 heavy (non-hydrogen) atoms. The van der Waals surface area contributed by atoms with E-state index in [-0.39, 0.29) is 5.97 Å². The van der Waals surface area contributed by atoms with Gasteiger partial charge >= 0.3 is 5.97 Å². The predicted octanol–water partition coefficient (Wildman–Crippen LogP) is 2.12. The molecule has 1 N–H and O–H groups in total. The van der Waals surface area contributed by atoms with Crippen molar-refractivity contribution < 1.29 is 9.53 Å². The third-order valence-electron chi connectivity index (χ3n) is 4.62. The van der Waals surface area contributed by atoms with Crippen LogP contribution in [0.2, 0.25) is 0 Å². The van der Waals surface area contributed by atoms with E-state index in [1.165, 1.54) is 7.11 Å². The zero-order chi connectivity index (χ0) is 20.1. The van der Waals surface area contributed by atoms with Crippen molar-refractivity contribution in [3.05, 3.63) is 60.6 Å². The van der Waals surface area contributed by atoms with Gasteiger partial charge in [0.05, 0.1) is 12.7 Å². The number of benzene rings is 1. The zero-order valence-corrected chi connectivity index (χ0v) is 16.0. The highest BCUT2D eigenvalue weighted by molar-refractivity contribution is 5.90. The summed E-state index contributed by atoms with van der Waals surface area (Å²) >= 11 is 0. The molecule has 9 heteroatoms. The Balaban J connectivity index is 1.42. The number of rotatable bonds is 5. The predicted molar refractivity (Wildman–Crippen MR) is 110 cm³/mol. The van der Waals surface area contributed by atoms with Crippen molar-refractivity contribution in [3.8, 4) is 0 Å². The largest absolute Gasteiger partial charge is 0.465 e. The average Bonchev–Trinajstić information content (AvgIpc) is 2.79. The number of aromatic nitrogens is 4. The second kappa shape index (κ2) is 8.51. The Morgan fingerprint density at radius 3 is 2.48 bits per heavy atom. The number of nitrogens with zero attached hydrogens (tertiary/aromatic N) is 6. The summed E-state index contributed by atoms with van der Waals surface area (Å²) in [4.78, 5) is 33.6. The SMILES string of the molecule is COC(=O)c1cccc(Nc2nccc(N3CCN(c4ncccn4)CC3)n2)c1. The molecule has 1 fully saturated rings. The first-order valence-electron chi connectivity index (χ1n) is 9.28. The number of methoxy groups -OCH3 is 1. The molecule has 4 rings (SSSR count). The van der Waals surface area contributed by atoms with Gasteiger partial charge in [-0.15, -0.1) is 0 Å². The van der Waals surface area contributed by atoms with Gasteiger partial charge in [0.25, 0.3) is 0 Å². The first kappa shape index (κ1) is 18.6. The van der Waals surface area contributed by atoms with Crippen LogP contribution in [-0.4, -0.2) is 59.2 Å². The number of piperazine rings is 1. The van der Waals surface area contributed by atoms with Crippen LogP contribution in [0.3, 0.4) is 0 Å². The van der Waals surface area contributed by atoms with E-state index in [2.05, 4.69) is 35.1 Å². The molecule has 3 heterocycles. The van der Waals surface area contributed by atoms with E-state index in [1.54, 1.807) is 36.8 Å². The standard InChI is InChI=1S/C20H21N7O2/c1-29-18(28)15-4-2-5-16(14-15)24-19-21-9-6-17(25-19)26-10-12-27(13-11-26)20-22-7-3-8-23-20/h2-9,14H,10-13H2,1H3,(H,21,24,25). The molecule has 148 valence electrons. The van der Waals surface area contributed by atoms with E-state index in [9.17, 15) is 4.79 Å². The van der Waals surface area contributed by atoms with Crippen molar-refractivity contribution in [3.63, 3.8) is 0 Å². The molecule has 1 saturated heterocycles. The molecule has 1 aromatic carbocycles. The van der Waals surface area contributed by atoms with Gasteiger partial charge in [-0.2, -0.15) is 4.98 Å². The molecule has 2 aromatic heterocycles. The summed E-state index contributed by atoms with van der Waals surface area (Å²) < 4.78 is 4.76. The van der Waals surface area contributed by atoms with E-state index in [0.29, 0.717) is 11.5 Å². The Bertz CT molecular complexity index is 975. The van der Waals surface area contributed by atoms with Gasteiger partial charge in [-0.25, -0.2) is 19.7 Å². The van der Waals surface area contributed by atoms with Crippen LogP contribution in [0.5, 0.6) is 0 Å². The number of esters is 1. The lowest BCUT2D eigenvalue weighted by atomic mass is 10.2. The normalized spacial score (nSPS) is 13.8. The van der Waals surface area contributed by atoms with Crippen LogP contribution >= 0.6 is 0 Å². The number of carbonyl (C=O) groups is 1. The first-order valence-corrected chi connectivity index (χ1v) is 9.28. The van der Waals surface area contributed by atoms with Crippen molar-refractivity contribution in [1.82, 2.24) is 19.9 Å². The quantitative estimate of drug-likeness (QED) is 0.656. The van der Waals surface area contributed by atoms with Gasteiger partial charge in [0.2, 0.25) is 11.9 Å². The molecule has 0 bridgehead atoms. The summed E-state index contributed by atoms with van der Waals surface area (Å²) in [6.45, 7) is 3.26. The smallest absolute Gasteiger partial charge is 0.337 e. The van der Waals surface area contributed by atoms with E-state index in [1.807, 2.05) is 18.2 Å². The van der Waals surface area contributed by atoms with Crippen LogP contribution in [0.25, 0.3) is 0 Å². The van der Waals surface area contributed by atoms with Gasteiger partial charge in [-0.1, -0.05) is 6.07 Å². The zero-order valence-electron chi connectivity index (χ0n) is 16.0. The molecular formula is C20H21N7O2. The molecule has 0 saturated carbocycles. The maximum absolute atomic E-state index is 11.7. The number of anilines is 4. The van der Waals surface area contributed by atoms with Crippen LogP contribution in [0.1, 0.15) is 10.4 Å². The molecule has 0 aliphatic carbocycles. The number of carbonyl (C=O) groups excluding carboxylic acids is 1. The Kier molecular flexibility index (Phi) is 5.46. The van der Waals surface area contributed by atoms with Gasteiger partial charge in [0.15, 0.2) is 0 Å². The summed E-state index contributed by atoms with van der Waals surface area (Å²) in [5.74, 6) is 1.69. The fraction of sp³-hybridized carbons (Fsp3) is 0.250. The van der Waals surface area contributed by atoms with E-state index >= 15 is 0 Å². The number of nitrogens with one attached hydrogen (secondary N) is 1. The highest BCUT2D eigenvalue weighted by Gasteiger charge is 2.20. The fourth-order valence-electron chi connectivity index (χ4n) is 3.15. The minimum absolute atomic E-state index is 0.386. The molecule has 0 atom stereocenters. The van der Waals surface area contributed by atoms with Gasteiger partial charge in [-0.3, -0.25) is 0 Å². The van der Waals surface area contributed by atoms with E-state index in [4.69, 9.17) is 4.74 Å². The van der Waals surface area contributed by atoms with Crippen LogP contribution in [0.4, 0.5) is 23.4 Å². The summed E-state index contributed by atoms with van der Waals surface area (Å²) in [5, 5.41) is 3.15. The molecular weight excluding hydrogens is 370 g/mol. The van der Waals surface area contributed by atoms with Crippen LogP contribution in [-0.2, 0) is 4.74 Å². The number of hydrogen-bond donors (Lipinski definition) is 1. The maximum atomic E-state index is 11.7.